The molecule has 16 heavy (non-hydrogen) atoms. The van der Waals surface area contributed by atoms with Crippen molar-refractivity contribution >= 4 is 0 Å². The molecule has 0 aliphatic heterocycles. The Morgan fingerprint density at radius 1 is 1.38 bits per heavy atom. The average Bonchev–Trinajstić information content (AvgIpc) is 2.62. The Bertz CT molecular complexity index is 491. The Morgan fingerprint density at radius 2 is 2.12 bits per heavy atom. The third-order valence-electron chi connectivity index (χ3n) is 2.54. The van der Waals surface area contributed by atoms with Crippen LogP contribution in [-0.2, 0) is 6.42 Å². The molecule has 0 bridgehead atoms. The fraction of sp³-hybridized carbons (Fsp3) is 0.250. The Balaban J connectivity index is 2.45. The Kier molecular flexibility index (Phi) is 3.01. The maximum atomic E-state index is 13.9. The molecule has 0 amide bonds. The summed E-state index contributed by atoms with van der Waals surface area (Å²) in [4.78, 5) is 0. The molecule has 0 atom stereocenters. The van der Waals surface area contributed by atoms with E-state index in [2.05, 4.69) is 5.10 Å². The normalized spacial score (nSPS) is 10.7. The van der Waals surface area contributed by atoms with Gasteiger partial charge in [-0.15, -0.1) is 0 Å². The minimum absolute atomic E-state index is 0.320. The van der Waals surface area contributed by atoms with Gasteiger partial charge in [-0.3, -0.25) is 0 Å². The van der Waals surface area contributed by atoms with Gasteiger partial charge < -0.3 is 5.73 Å². The minimum Gasteiger partial charge on any atom is -0.330 e. The number of nitrogens with two attached hydrogens (primary N) is 1. The molecule has 1 aromatic heterocycles. The zero-order valence-electron chi connectivity index (χ0n) is 9.15. The van der Waals surface area contributed by atoms with Gasteiger partial charge in [-0.2, -0.15) is 9.49 Å². The highest BCUT2D eigenvalue weighted by Gasteiger charge is 2.11. The number of hydrogen-bond donors (Lipinski definition) is 1. The first-order chi connectivity index (χ1) is 7.74. The van der Waals surface area contributed by atoms with Crippen LogP contribution >= 0.6 is 0 Å². The third kappa shape index (κ3) is 1.84. The zero-order chi connectivity index (χ0) is 11.5. The van der Waals surface area contributed by atoms with Crippen LogP contribution in [0.25, 0.3) is 5.69 Å². The molecule has 3 nitrogen and oxygen atoms in total. The lowest BCUT2D eigenvalue weighted by atomic mass is 10.2. The van der Waals surface area contributed by atoms with Crippen molar-refractivity contribution < 1.29 is 4.39 Å². The summed E-state index contributed by atoms with van der Waals surface area (Å²) in [5.41, 5.74) is 7.72. The van der Waals surface area contributed by atoms with Gasteiger partial charge in [-0.25, -0.2) is 4.68 Å². The number of nitrogens with zero attached hydrogens (tertiary/aromatic N) is 2. The van der Waals surface area contributed by atoms with Crippen molar-refractivity contribution in [1.82, 2.24) is 9.78 Å². The predicted molar refractivity (Wildman–Crippen MR) is 61.0 cm³/mol. The SMILES string of the molecule is Cc1ccccc1-n1ncc(CCN)c1F. The molecule has 2 rings (SSSR count). The summed E-state index contributed by atoms with van der Waals surface area (Å²) in [6.45, 7) is 2.36. The number of halogens is 1. The van der Waals surface area contributed by atoms with Crippen molar-refractivity contribution in [3.05, 3.63) is 47.5 Å². The first-order valence-electron chi connectivity index (χ1n) is 5.22. The van der Waals surface area contributed by atoms with Crippen molar-refractivity contribution in [1.29, 1.82) is 0 Å². The van der Waals surface area contributed by atoms with E-state index in [-0.39, 0.29) is 5.95 Å². The molecule has 84 valence electrons. The van der Waals surface area contributed by atoms with Gasteiger partial charge in [0.15, 0.2) is 0 Å². The standard InChI is InChI=1S/C12H14FN3/c1-9-4-2-3-5-11(9)16-12(13)10(6-7-14)8-15-16/h2-5,8H,6-7,14H2,1H3. The largest absolute Gasteiger partial charge is 0.330 e. The highest BCUT2D eigenvalue weighted by Crippen LogP contribution is 2.16. The predicted octanol–water partition coefficient (Wildman–Crippen LogP) is 1.82. The fourth-order valence-corrected chi connectivity index (χ4v) is 1.66. The van der Waals surface area contributed by atoms with Crippen LogP contribution in [0, 0.1) is 12.9 Å². The molecule has 0 radical (unpaired) electrons. The van der Waals surface area contributed by atoms with Gasteiger partial charge in [-0.1, -0.05) is 18.2 Å². The van der Waals surface area contributed by atoms with Crippen molar-refractivity contribution in [2.75, 3.05) is 6.54 Å². The minimum atomic E-state index is -0.320. The Hall–Kier alpha value is -1.68. The highest BCUT2D eigenvalue weighted by molar-refractivity contribution is 5.39. The molecule has 0 fully saturated rings. The quantitative estimate of drug-likeness (QED) is 0.855. The first kappa shape index (κ1) is 10.8. The molecular formula is C12H14FN3. The van der Waals surface area contributed by atoms with Crippen molar-refractivity contribution in [3.8, 4) is 5.69 Å². The molecule has 0 unspecified atom stereocenters. The summed E-state index contributed by atoms with van der Waals surface area (Å²) in [5, 5.41) is 4.05. The van der Waals surface area contributed by atoms with E-state index in [1.807, 2.05) is 31.2 Å². The maximum Gasteiger partial charge on any atom is 0.219 e. The summed E-state index contributed by atoms with van der Waals surface area (Å²) in [7, 11) is 0. The molecule has 0 aliphatic rings. The zero-order valence-corrected chi connectivity index (χ0v) is 9.15. The molecule has 1 heterocycles. The van der Waals surface area contributed by atoms with E-state index >= 15 is 0 Å². The van der Waals surface area contributed by atoms with Crippen molar-refractivity contribution in [2.24, 2.45) is 5.73 Å². The van der Waals surface area contributed by atoms with Crippen LogP contribution in [0.4, 0.5) is 4.39 Å². The van der Waals surface area contributed by atoms with E-state index in [1.165, 1.54) is 10.9 Å². The molecule has 0 aliphatic carbocycles. The number of hydrogen-bond acceptors (Lipinski definition) is 2. The number of rotatable bonds is 3. The van der Waals surface area contributed by atoms with E-state index in [9.17, 15) is 4.39 Å². The smallest absolute Gasteiger partial charge is 0.219 e. The summed E-state index contributed by atoms with van der Waals surface area (Å²) >= 11 is 0. The fourth-order valence-electron chi connectivity index (χ4n) is 1.66. The number of aryl methyl sites for hydroxylation is 1. The number of benzene rings is 1. The van der Waals surface area contributed by atoms with Gasteiger partial charge in [-0.05, 0) is 31.5 Å². The van der Waals surface area contributed by atoms with Crippen molar-refractivity contribution in [3.63, 3.8) is 0 Å². The number of para-hydroxylation sites is 1. The maximum absolute atomic E-state index is 13.9. The van der Waals surface area contributed by atoms with Gasteiger partial charge in [0.25, 0.3) is 0 Å². The molecule has 4 heteroatoms. The van der Waals surface area contributed by atoms with Gasteiger partial charge >= 0.3 is 0 Å². The lowest BCUT2D eigenvalue weighted by Crippen LogP contribution is -2.06. The van der Waals surface area contributed by atoms with Crippen LogP contribution in [0.15, 0.2) is 30.5 Å². The van der Waals surface area contributed by atoms with E-state index in [1.54, 1.807) is 0 Å². The topological polar surface area (TPSA) is 43.8 Å². The third-order valence-corrected chi connectivity index (χ3v) is 2.54. The second-order valence-electron chi connectivity index (χ2n) is 3.70. The average molecular weight is 219 g/mol. The van der Waals surface area contributed by atoms with Gasteiger partial charge in [0.2, 0.25) is 5.95 Å². The summed E-state index contributed by atoms with van der Waals surface area (Å²) in [6, 6.07) is 7.56. The van der Waals surface area contributed by atoms with E-state index in [0.29, 0.717) is 18.5 Å². The van der Waals surface area contributed by atoms with E-state index in [4.69, 9.17) is 5.73 Å². The monoisotopic (exact) mass is 219 g/mol. The molecule has 0 saturated carbocycles. The molecule has 0 saturated heterocycles. The molecular weight excluding hydrogens is 205 g/mol. The number of aromatic nitrogens is 2. The molecule has 0 spiro atoms. The Morgan fingerprint density at radius 3 is 2.81 bits per heavy atom. The van der Waals surface area contributed by atoms with Crippen LogP contribution in [0.3, 0.4) is 0 Å². The lowest BCUT2D eigenvalue weighted by Gasteiger charge is -2.05. The molecule has 2 aromatic rings. The van der Waals surface area contributed by atoms with Crippen LogP contribution in [0.2, 0.25) is 0 Å². The van der Waals surface area contributed by atoms with Crippen LogP contribution in [0.5, 0.6) is 0 Å². The van der Waals surface area contributed by atoms with Crippen molar-refractivity contribution in [2.45, 2.75) is 13.3 Å². The van der Waals surface area contributed by atoms with Crippen LogP contribution in [-0.4, -0.2) is 16.3 Å². The van der Waals surface area contributed by atoms with E-state index in [0.717, 1.165) is 11.3 Å². The summed E-state index contributed by atoms with van der Waals surface area (Å²) < 4.78 is 15.2. The van der Waals surface area contributed by atoms with Crippen LogP contribution < -0.4 is 5.73 Å². The molecule has 2 N–H and O–H groups in total. The summed E-state index contributed by atoms with van der Waals surface area (Å²) in [5.74, 6) is -0.320. The second-order valence-corrected chi connectivity index (χ2v) is 3.70. The second kappa shape index (κ2) is 4.45. The van der Waals surface area contributed by atoms with Gasteiger partial charge in [0, 0.05) is 5.56 Å². The Labute approximate surface area is 93.7 Å². The van der Waals surface area contributed by atoms with Crippen LogP contribution in [0.1, 0.15) is 11.1 Å². The molecule has 1 aromatic carbocycles. The van der Waals surface area contributed by atoms with E-state index < -0.39 is 0 Å². The first-order valence-corrected chi connectivity index (χ1v) is 5.22. The lowest BCUT2D eigenvalue weighted by molar-refractivity contribution is 0.525. The van der Waals surface area contributed by atoms with Gasteiger partial charge in [0.05, 0.1) is 11.9 Å². The highest BCUT2D eigenvalue weighted by atomic mass is 19.1. The summed E-state index contributed by atoms with van der Waals surface area (Å²) in [6.07, 6.45) is 2.05. The van der Waals surface area contributed by atoms with Gasteiger partial charge in [0.1, 0.15) is 0 Å².